The highest BCUT2D eigenvalue weighted by Gasteiger charge is 2.52. The van der Waals surface area contributed by atoms with Crippen molar-refractivity contribution in [1.29, 1.82) is 0 Å². The van der Waals surface area contributed by atoms with Gasteiger partial charge in [-0.1, -0.05) is 60.7 Å². The van der Waals surface area contributed by atoms with Gasteiger partial charge in [-0.25, -0.2) is 4.79 Å². The number of benzene rings is 2. The maximum atomic E-state index is 13.5. The van der Waals surface area contributed by atoms with Gasteiger partial charge in [0.05, 0.1) is 6.10 Å². The van der Waals surface area contributed by atoms with Gasteiger partial charge >= 0.3 is 6.03 Å². The molecule has 4 amide bonds. The number of carbonyl (C=O) groups excluding carboxylic acids is 3. The lowest BCUT2D eigenvalue weighted by Crippen LogP contribution is -2.47. The van der Waals surface area contributed by atoms with E-state index in [2.05, 4.69) is 10.6 Å². The highest BCUT2D eigenvalue weighted by molar-refractivity contribution is 6.09. The fourth-order valence-corrected chi connectivity index (χ4v) is 3.63. The second-order valence-electron chi connectivity index (χ2n) is 7.88. The minimum atomic E-state index is -1.24. The third kappa shape index (κ3) is 5.49. The normalized spacial score (nSPS) is 18.4. The SMILES string of the molecule is CC(C)OCCCNC(=O)CN1C(=O)N[C@@](Cc2ccccc2)(c2ccccc2)C1=O. The summed E-state index contributed by atoms with van der Waals surface area (Å²) in [6.07, 6.45) is 1.09. The van der Waals surface area contributed by atoms with Crippen molar-refractivity contribution >= 4 is 17.8 Å². The zero-order chi connectivity index (χ0) is 22.3. The first kappa shape index (κ1) is 22.5. The van der Waals surface area contributed by atoms with Crippen LogP contribution in [0.2, 0.25) is 0 Å². The molecule has 3 rings (SSSR count). The first-order valence-corrected chi connectivity index (χ1v) is 10.5. The molecule has 1 aliphatic rings. The largest absolute Gasteiger partial charge is 0.379 e. The number of hydrogen-bond acceptors (Lipinski definition) is 4. The maximum Gasteiger partial charge on any atom is 0.325 e. The van der Waals surface area contributed by atoms with Crippen LogP contribution < -0.4 is 10.6 Å². The molecule has 0 radical (unpaired) electrons. The quantitative estimate of drug-likeness (QED) is 0.454. The Bertz CT molecular complexity index is 902. The van der Waals surface area contributed by atoms with E-state index in [1.54, 1.807) is 0 Å². The van der Waals surface area contributed by atoms with Crippen LogP contribution in [0.15, 0.2) is 60.7 Å². The lowest BCUT2D eigenvalue weighted by Gasteiger charge is -2.27. The Labute approximate surface area is 182 Å². The number of amides is 4. The Morgan fingerprint density at radius 1 is 1.06 bits per heavy atom. The van der Waals surface area contributed by atoms with E-state index in [9.17, 15) is 14.4 Å². The van der Waals surface area contributed by atoms with Gasteiger partial charge < -0.3 is 15.4 Å². The highest BCUT2D eigenvalue weighted by atomic mass is 16.5. The zero-order valence-corrected chi connectivity index (χ0v) is 18.0. The van der Waals surface area contributed by atoms with Gasteiger partial charge in [0, 0.05) is 19.6 Å². The van der Waals surface area contributed by atoms with Gasteiger partial charge in [0.25, 0.3) is 5.91 Å². The van der Waals surface area contributed by atoms with Gasteiger partial charge in [-0.2, -0.15) is 0 Å². The summed E-state index contributed by atoms with van der Waals surface area (Å²) in [6, 6.07) is 18.1. The minimum absolute atomic E-state index is 0.136. The molecule has 0 aromatic heterocycles. The molecule has 164 valence electrons. The van der Waals surface area contributed by atoms with Crippen molar-refractivity contribution < 1.29 is 19.1 Å². The number of nitrogens with one attached hydrogen (secondary N) is 2. The minimum Gasteiger partial charge on any atom is -0.379 e. The standard InChI is InChI=1S/C24H29N3O4/c1-18(2)31-15-9-14-25-21(28)17-27-22(29)24(26-23(27)30,20-12-7-4-8-13-20)16-19-10-5-3-6-11-19/h3-8,10-13,18H,9,14-17H2,1-2H3,(H,25,28)(H,26,30)/t24-/m0/s1. The number of hydrogen-bond donors (Lipinski definition) is 2. The molecule has 0 aliphatic carbocycles. The second kappa shape index (κ2) is 10.2. The molecule has 7 nitrogen and oxygen atoms in total. The summed E-state index contributed by atoms with van der Waals surface area (Å²) in [5.41, 5.74) is 0.354. The van der Waals surface area contributed by atoms with Crippen LogP contribution in [0.3, 0.4) is 0 Å². The van der Waals surface area contributed by atoms with E-state index in [4.69, 9.17) is 4.74 Å². The molecule has 0 unspecified atom stereocenters. The molecule has 1 heterocycles. The van der Waals surface area contributed by atoms with Crippen molar-refractivity contribution in [2.24, 2.45) is 0 Å². The Hall–Kier alpha value is -3.19. The van der Waals surface area contributed by atoms with Gasteiger partial charge in [0.2, 0.25) is 5.91 Å². The third-order valence-electron chi connectivity index (χ3n) is 5.15. The lowest BCUT2D eigenvalue weighted by molar-refractivity contribution is -0.135. The topological polar surface area (TPSA) is 87.7 Å². The third-order valence-corrected chi connectivity index (χ3v) is 5.15. The molecule has 2 aromatic rings. The van der Waals surface area contributed by atoms with Gasteiger partial charge in [-0.15, -0.1) is 0 Å². The molecule has 0 bridgehead atoms. The molecule has 7 heteroatoms. The summed E-state index contributed by atoms with van der Waals surface area (Å²) in [5.74, 6) is -0.803. The van der Waals surface area contributed by atoms with Gasteiger partial charge in [0.15, 0.2) is 5.54 Å². The van der Waals surface area contributed by atoms with Crippen molar-refractivity contribution in [3.8, 4) is 0 Å². The zero-order valence-electron chi connectivity index (χ0n) is 18.0. The number of carbonyl (C=O) groups is 3. The molecular formula is C24H29N3O4. The molecule has 1 fully saturated rings. The van der Waals surface area contributed by atoms with E-state index in [1.807, 2.05) is 74.5 Å². The van der Waals surface area contributed by atoms with Crippen LogP contribution in [0.5, 0.6) is 0 Å². The van der Waals surface area contributed by atoms with E-state index >= 15 is 0 Å². The van der Waals surface area contributed by atoms with Crippen LogP contribution in [0, 0.1) is 0 Å². The molecule has 2 aromatic carbocycles. The van der Waals surface area contributed by atoms with Crippen LogP contribution in [0.25, 0.3) is 0 Å². The summed E-state index contributed by atoms with van der Waals surface area (Å²) in [5, 5.41) is 5.61. The first-order chi connectivity index (χ1) is 14.9. The van der Waals surface area contributed by atoms with Gasteiger partial charge in [-0.05, 0) is 31.4 Å². The van der Waals surface area contributed by atoms with Crippen molar-refractivity contribution in [2.45, 2.75) is 38.3 Å². The van der Waals surface area contributed by atoms with E-state index in [0.717, 1.165) is 10.5 Å². The lowest BCUT2D eigenvalue weighted by atomic mass is 9.83. The molecule has 2 N–H and O–H groups in total. The van der Waals surface area contributed by atoms with Crippen LogP contribution in [-0.2, 0) is 26.3 Å². The van der Waals surface area contributed by atoms with Crippen LogP contribution in [-0.4, -0.2) is 48.5 Å². The van der Waals surface area contributed by atoms with Crippen molar-refractivity contribution in [1.82, 2.24) is 15.5 Å². The van der Waals surface area contributed by atoms with E-state index < -0.39 is 17.5 Å². The summed E-state index contributed by atoms with van der Waals surface area (Å²) in [4.78, 5) is 39.6. The van der Waals surface area contributed by atoms with Crippen LogP contribution in [0.4, 0.5) is 4.79 Å². The molecule has 31 heavy (non-hydrogen) atoms. The smallest absolute Gasteiger partial charge is 0.325 e. The molecule has 0 saturated carbocycles. The average molecular weight is 424 g/mol. The Balaban J connectivity index is 1.72. The summed E-state index contributed by atoms with van der Waals surface area (Å²) in [6.45, 7) is 4.53. The fourth-order valence-electron chi connectivity index (χ4n) is 3.63. The van der Waals surface area contributed by atoms with E-state index in [1.165, 1.54) is 0 Å². The second-order valence-corrected chi connectivity index (χ2v) is 7.88. The number of urea groups is 1. The number of rotatable bonds is 10. The fraction of sp³-hybridized carbons (Fsp3) is 0.375. The van der Waals surface area contributed by atoms with Crippen LogP contribution >= 0.6 is 0 Å². The number of ether oxygens (including phenoxy) is 1. The van der Waals surface area contributed by atoms with E-state index in [-0.39, 0.29) is 18.6 Å². The average Bonchev–Trinajstić information content (AvgIpc) is 2.99. The molecule has 1 saturated heterocycles. The molecule has 0 spiro atoms. The molecule has 1 aliphatic heterocycles. The van der Waals surface area contributed by atoms with Crippen molar-refractivity contribution in [3.63, 3.8) is 0 Å². The van der Waals surface area contributed by atoms with Gasteiger partial charge in [0.1, 0.15) is 6.54 Å². The van der Waals surface area contributed by atoms with Crippen LogP contribution in [0.1, 0.15) is 31.4 Å². The first-order valence-electron chi connectivity index (χ1n) is 10.5. The summed E-state index contributed by atoms with van der Waals surface area (Å²) in [7, 11) is 0. The van der Waals surface area contributed by atoms with Crippen molar-refractivity contribution in [3.05, 3.63) is 71.8 Å². The number of nitrogens with zero attached hydrogens (tertiary/aromatic N) is 1. The maximum absolute atomic E-state index is 13.5. The molecular weight excluding hydrogens is 394 g/mol. The number of imide groups is 1. The Morgan fingerprint density at radius 2 is 1.71 bits per heavy atom. The Kier molecular flexibility index (Phi) is 7.41. The van der Waals surface area contributed by atoms with E-state index in [0.29, 0.717) is 31.6 Å². The van der Waals surface area contributed by atoms with Crippen molar-refractivity contribution in [2.75, 3.05) is 19.7 Å². The van der Waals surface area contributed by atoms with Gasteiger partial charge in [-0.3, -0.25) is 14.5 Å². The predicted octanol–water partition coefficient (Wildman–Crippen LogP) is 2.61. The molecule has 1 atom stereocenters. The Morgan fingerprint density at radius 3 is 2.35 bits per heavy atom. The summed E-state index contributed by atoms with van der Waals surface area (Å²) >= 11 is 0. The monoisotopic (exact) mass is 423 g/mol. The summed E-state index contributed by atoms with van der Waals surface area (Å²) < 4.78 is 5.44. The highest BCUT2D eigenvalue weighted by Crippen LogP contribution is 2.32. The predicted molar refractivity (Wildman–Crippen MR) is 117 cm³/mol.